The van der Waals surface area contributed by atoms with Gasteiger partial charge in [0.25, 0.3) is 0 Å². The predicted octanol–water partition coefficient (Wildman–Crippen LogP) is 4.53. The second-order valence-corrected chi connectivity index (χ2v) is 11.0. The molecule has 0 aliphatic rings. The molecule has 7 nitrogen and oxygen atoms in total. The van der Waals surface area contributed by atoms with E-state index in [9.17, 15) is 18.0 Å². The van der Waals surface area contributed by atoms with Gasteiger partial charge >= 0.3 is 0 Å². The number of carbonyl (C=O) groups is 2. The molecule has 9 heteroatoms. The highest BCUT2D eigenvalue weighted by molar-refractivity contribution is 7.92. The number of halogens is 1. The van der Waals surface area contributed by atoms with Gasteiger partial charge in [0.2, 0.25) is 21.8 Å². The number of amides is 2. The molecular formula is C26H36ClN3O4S. The number of carbonyl (C=O) groups excluding carboxylic acids is 2. The van der Waals surface area contributed by atoms with Gasteiger partial charge in [-0.15, -0.1) is 0 Å². The third-order valence-electron chi connectivity index (χ3n) is 5.77. The summed E-state index contributed by atoms with van der Waals surface area (Å²) in [6.45, 7) is 6.57. The van der Waals surface area contributed by atoms with Crippen LogP contribution >= 0.6 is 11.6 Å². The Hall–Kier alpha value is -2.58. The van der Waals surface area contributed by atoms with E-state index in [-0.39, 0.29) is 31.3 Å². The zero-order valence-corrected chi connectivity index (χ0v) is 22.5. The van der Waals surface area contributed by atoms with Gasteiger partial charge in [0, 0.05) is 31.1 Å². The fourth-order valence-corrected chi connectivity index (χ4v) is 4.80. The predicted molar refractivity (Wildman–Crippen MR) is 142 cm³/mol. The standard InChI is InChI=1S/C26H36ClN3O4S/c1-5-6-17-28-26(32)21(3)29(19-22-10-7-8-11-24(22)27)25(31)12-9-18-30(35(4,33)34)23-15-13-20(2)14-16-23/h7-8,10-11,13-16,21H,5-6,9,12,17-19H2,1-4H3,(H,28,32)/t21-/m1/s1. The van der Waals surface area contributed by atoms with Gasteiger partial charge in [-0.05, 0) is 50.5 Å². The van der Waals surface area contributed by atoms with Crippen LogP contribution in [-0.4, -0.2) is 50.5 Å². The second-order valence-electron chi connectivity index (χ2n) is 8.71. The minimum atomic E-state index is -3.52. The van der Waals surface area contributed by atoms with E-state index in [1.165, 1.54) is 9.21 Å². The van der Waals surface area contributed by atoms with E-state index in [2.05, 4.69) is 5.32 Å². The fourth-order valence-electron chi connectivity index (χ4n) is 3.64. The Morgan fingerprint density at radius 3 is 2.31 bits per heavy atom. The van der Waals surface area contributed by atoms with Crippen molar-refractivity contribution in [3.63, 3.8) is 0 Å². The molecule has 1 atom stereocenters. The number of nitrogens with one attached hydrogen (secondary N) is 1. The Kier molecular flexibility index (Phi) is 11.0. The molecule has 192 valence electrons. The maximum atomic E-state index is 13.3. The number of unbranched alkanes of at least 4 members (excludes halogenated alkanes) is 1. The lowest BCUT2D eigenvalue weighted by atomic mass is 10.1. The highest BCUT2D eigenvalue weighted by Crippen LogP contribution is 2.21. The Balaban J connectivity index is 2.14. The molecule has 0 saturated carbocycles. The van der Waals surface area contributed by atoms with E-state index in [0.717, 1.165) is 30.2 Å². The monoisotopic (exact) mass is 521 g/mol. The number of anilines is 1. The molecule has 0 aliphatic heterocycles. The molecule has 0 fully saturated rings. The van der Waals surface area contributed by atoms with Crippen LogP contribution in [0.3, 0.4) is 0 Å². The van der Waals surface area contributed by atoms with Crippen LogP contribution in [0.15, 0.2) is 48.5 Å². The van der Waals surface area contributed by atoms with E-state index in [4.69, 9.17) is 11.6 Å². The molecule has 0 saturated heterocycles. The summed E-state index contributed by atoms with van der Waals surface area (Å²) in [4.78, 5) is 27.5. The van der Waals surface area contributed by atoms with Crippen molar-refractivity contribution in [3.05, 3.63) is 64.7 Å². The first-order valence-corrected chi connectivity index (χ1v) is 14.1. The van der Waals surface area contributed by atoms with Gasteiger partial charge in [-0.2, -0.15) is 0 Å². The normalized spacial score (nSPS) is 12.1. The zero-order valence-electron chi connectivity index (χ0n) is 21.0. The highest BCUT2D eigenvalue weighted by atomic mass is 35.5. The minimum absolute atomic E-state index is 0.0922. The second kappa shape index (κ2) is 13.5. The van der Waals surface area contributed by atoms with Gasteiger partial charge in [0.15, 0.2) is 0 Å². The summed E-state index contributed by atoms with van der Waals surface area (Å²) in [6.07, 6.45) is 3.37. The topological polar surface area (TPSA) is 86.8 Å². The van der Waals surface area contributed by atoms with Gasteiger partial charge in [-0.1, -0.05) is 60.8 Å². The van der Waals surface area contributed by atoms with Crippen molar-refractivity contribution in [2.24, 2.45) is 0 Å². The molecule has 2 aromatic carbocycles. The van der Waals surface area contributed by atoms with Crippen molar-refractivity contribution in [1.29, 1.82) is 0 Å². The largest absolute Gasteiger partial charge is 0.354 e. The molecule has 0 aliphatic carbocycles. The van der Waals surface area contributed by atoms with Crippen molar-refractivity contribution in [3.8, 4) is 0 Å². The first-order chi connectivity index (χ1) is 16.5. The Morgan fingerprint density at radius 1 is 1.06 bits per heavy atom. The number of sulfonamides is 1. The van der Waals surface area contributed by atoms with E-state index in [0.29, 0.717) is 23.7 Å². The lowest BCUT2D eigenvalue weighted by Crippen LogP contribution is -2.48. The van der Waals surface area contributed by atoms with Crippen LogP contribution in [0.25, 0.3) is 0 Å². The first kappa shape index (κ1) is 28.7. The van der Waals surface area contributed by atoms with Crippen molar-refractivity contribution in [1.82, 2.24) is 10.2 Å². The molecule has 1 N–H and O–H groups in total. The number of hydrogen-bond donors (Lipinski definition) is 1. The zero-order chi connectivity index (χ0) is 26.0. The number of nitrogens with zero attached hydrogens (tertiary/aromatic N) is 2. The van der Waals surface area contributed by atoms with E-state index >= 15 is 0 Å². The van der Waals surface area contributed by atoms with Crippen LogP contribution in [0.2, 0.25) is 5.02 Å². The third-order valence-corrected chi connectivity index (χ3v) is 7.33. The Bertz CT molecular complexity index is 1090. The smallest absolute Gasteiger partial charge is 0.242 e. The average molecular weight is 522 g/mol. The molecule has 2 rings (SSSR count). The van der Waals surface area contributed by atoms with Crippen LogP contribution in [0.1, 0.15) is 50.7 Å². The molecule has 2 amide bonds. The summed E-state index contributed by atoms with van der Waals surface area (Å²) in [6, 6.07) is 13.7. The Morgan fingerprint density at radius 2 is 1.71 bits per heavy atom. The van der Waals surface area contributed by atoms with Gasteiger partial charge < -0.3 is 10.2 Å². The third kappa shape index (κ3) is 8.85. The number of rotatable bonds is 13. The average Bonchev–Trinajstić information content (AvgIpc) is 2.81. The van der Waals surface area contributed by atoms with Crippen molar-refractivity contribution >= 4 is 39.1 Å². The van der Waals surface area contributed by atoms with Gasteiger partial charge in [0.1, 0.15) is 6.04 Å². The van der Waals surface area contributed by atoms with Gasteiger partial charge in [-0.3, -0.25) is 13.9 Å². The molecule has 0 aromatic heterocycles. The summed E-state index contributed by atoms with van der Waals surface area (Å²) in [5, 5.41) is 3.41. The van der Waals surface area contributed by atoms with E-state index in [1.807, 2.05) is 44.2 Å². The lowest BCUT2D eigenvalue weighted by molar-refractivity contribution is -0.140. The fraction of sp³-hybridized carbons (Fsp3) is 0.462. The molecule has 35 heavy (non-hydrogen) atoms. The van der Waals surface area contributed by atoms with Crippen LogP contribution in [-0.2, 0) is 26.2 Å². The van der Waals surface area contributed by atoms with Crippen LogP contribution in [0.4, 0.5) is 5.69 Å². The maximum absolute atomic E-state index is 13.3. The summed E-state index contributed by atoms with van der Waals surface area (Å²) >= 11 is 6.32. The molecule has 0 heterocycles. The molecule has 2 aromatic rings. The molecular weight excluding hydrogens is 486 g/mol. The van der Waals surface area contributed by atoms with E-state index < -0.39 is 16.1 Å². The number of benzene rings is 2. The molecule has 0 unspecified atom stereocenters. The van der Waals surface area contributed by atoms with Crippen molar-refractivity contribution in [2.45, 2.75) is 59.0 Å². The lowest BCUT2D eigenvalue weighted by Gasteiger charge is -2.29. The molecule has 0 bridgehead atoms. The maximum Gasteiger partial charge on any atom is 0.242 e. The quantitative estimate of drug-likeness (QED) is 0.392. The number of hydrogen-bond acceptors (Lipinski definition) is 4. The van der Waals surface area contributed by atoms with Crippen LogP contribution in [0, 0.1) is 6.92 Å². The summed E-state index contributed by atoms with van der Waals surface area (Å²) in [7, 11) is -3.52. The van der Waals surface area contributed by atoms with E-state index in [1.54, 1.807) is 25.1 Å². The first-order valence-electron chi connectivity index (χ1n) is 11.9. The van der Waals surface area contributed by atoms with Gasteiger partial charge in [-0.25, -0.2) is 8.42 Å². The van der Waals surface area contributed by atoms with Crippen molar-refractivity contribution < 1.29 is 18.0 Å². The minimum Gasteiger partial charge on any atom is -0.354 e. The number of aryl methyl sites for hydroxylation is 1. The van der Waals surface area contributed by atoms with Crippen LogP contribution < -0.4 is 9.62 Å². The summed E-state index contributed by atoms with van der Waals surface area (Å²) < 4.78 is 26.1. The van der Waals surface area contributed by atoms with Gasteiger partial charge in [0.05, 0.1) is 11.9 Å². The Labute approximate surface area is 214 Å². The molecule has 0 radical (unpaired) electrons. The van der Waals surface area contributed by atoms with Crippen LogP contribution in [0.5, 0.6) is 0 Å². The highest BCUT2D eigenvalue weighted by Gasteiger charge is 2.27. The SMILES string of the molecule is CCCCNC(=O)[C@@H](C)N(Cc1ccccc1Cl)C(=O)CCCN(c1ccc(C)cc1)S(C)(=O)=O. The summed E-state index contributed by atoms with van der Waals surface area (Å²) in [5.41, 5.74) is 2.33. The molecule has 0 spiro atoms. The summed E-state index contributed by atoms with van der Waals surface area (Å²) in [5.74, 6) is -0.461. The van der Waals surface area contributed by atoms with Crippen molar-refractivity contribution in [2.75, 3.05) is 23.7 Å².